The summed E-state index contributed by atoms with van der Waals surface area (Å²) in [6.07, 6.45) is 5.22. The summed E-state index contributed by atoms with van der Waals surface area (Å²) in [6.45, 7) is 13.3. The second kappa shape index (κ2) is 12.5. The van der Waals surface area contributed by atoms with E-state index in [0.717, 1.165) is 6.54 Å². The summed E-state index contributed by atoms with van der Waals surface area (Å²) in [6, 6.07) is 0.463. The van der Waals surface area contributed by atoms with E-state index in [-0.39, 0.29) is 29.7 Å². The van der Waals surface area contributed by atoms with Gasteiger partial charge in [-0.25, -0.2) is 8.42 Å². The van der Waals surface area contributed by atoms with Gasteiger partial charge in [0.1, 0.15) is 0 Å². The van der Waals surface area contributed by atoms with Crippen molar-refractivity contribution >= 4 is 39.8 Å². The average Bonchev–Trinajstić information content (AvgIpc) is 2.81. The van der Waals surface area contributed by atoms with Crippen molar-refractivity contribution in [2.45, 2.75) is 71.1 Å². The summed E-state index contributed by atoms with van der Waals surface area (Å²) in [5.74, 6) is 1.34. The number of hydrogen-bond donors (Lipinski definition) is 2. The third kappa shape index (κ3) is 9.30. The van der Waals surface area contributed by atoms with Crippen molar-refractivity contribution in [2.24, 2.45) is 10.9 Å². The first-order valence-electron chi connectivity index (χ1n) is 9.99. The molecule has 1 heterocycles. The van der Waals surface area contributed by atoms with Gasteiger partial charge in [-0.2, -0.15) is 0 Å². The second-order valence-corrected chi connectivity index (χ2v) is 11.4. The summed E-state index contributed by atoms with van der Waals surface area (Å²) in [4.78, 5) is 6.85. The van der Waals surface area contributed by atoms with E-state index in [1.54, 1.807) is 27.8 Å². The van der Waals surface area contributed by atoms with Crippen molar-refractivity contribution in [1.29, 1.82) is 0 Å². The number of aliphatic imine (C=N–C) groups is 1. The molecule has 0 aromatic heterocycles. The predicted molar refractivity (Wildman–Crippen MR) is 127 cm³/mol. The van der Waals surface area contributed by atoms with Crippen molar-refractivity contribution in [3.8, 4) is 0 Å². The van der Waals surface area contributed by atoms with E-state index in [2.05, 4.69) is 34.4 Å². The largest absolute Gasteiger partial charge is 0.355 e. The van der Waals surface area contributed by atoms with Gasteiger partial charge in [0.25, 0.3) is 0 Å². The molecule has 1 saturated heterocycles. The molecule has 0 saturated carbocycles. The minimum absolute atomic E-state index is 0. The van der Waals surface area contributed by atoms with E-state index in [9.17, 15) is 8.42 Å². The molecule has 6 nitrogen and oxygen atoms in total. The van der Waals surface area contributed by atoms with Crippen LogP contribution >= 0.6 is 24.0 Å². The third-order valence-corrected chi connectivity index (χ3v) is 7.79. The van der Waals surface area contributed by atoms with Crippen LogP contribution in [0.5, 0.6) is 0 Å². The maximum absolute atomic E-state index is 12.2. The van der Waals surface area contributed by atoms with Gasteiger partial charge in [-0.15, -0.1) is 24.0 Å². The van der Waals surface area contributed by atoms with Crippen molar-refractivity contribution in [3.63, 3.8) is 0 Å². The van der Waals surface area contributed by atoms with Crippen LogP contribution < -0.4 is 10.6 Å². The van der Waals surface area contributed by atoms with Crippen molar-refractivity contribution in [2.75, 3.05) is 39.0 Å². The lowest BCUT2D eigenvalue weighted by Gasteiger charge is -2.34. The van der Waals surface area contributed by atoms with Crippen molar-refractivity contribution in [3.05, 3.63) is 0 Å². The van der Waals surface area contributed by atoms with Gasteiger partial charge in [0.15, 0.2) is 15.8 Å². The van der Waals surface area contributed by atoms with Gasteiger partial charge in [-0.05, 0) is 52.6 Å². The van der Waals surface area contributed by atoms with Gasteiger partial charge in [0.2, 0.25) is 0 Å². The number of rotatable bonds is 7. The van der Waals surface area contributed by atoms with Gasteiger partial charge < -0.3 is 10.6 Å². The molecule has 8 heteroatoms. The van der Waals surface area contributed by atoms with Gasteiger partial charge >= 0.3 is 0 Å². The lowest BCUT2D eigenvalue weighted by atomic mass is 10.0. The molecular weight excluding hydrogens is 475 g/mol. The fourth-order valence-electron chi connectivity index (χ4n) is 3.25. The monoisotopic (exact) mass is 516 g/mol. The normalized spacial score (nSPS) is 18.6. The molecule has 1 fully saturated rings. The molecule has 0 amide bonds. The zero-order valence-corrected chi connectivity index (χ0v) is 21.2. The highest BCUT2D eigenvalue weighted by Gasteiger charge is 2.28. The first kappa shape index (κ1) is 26.9. The summed E-state index contributed by atoms with van der Waals surface area (Å²) >= 11 is 0. The smallest absolute Gasteiger partial charge is 0.191 e. The summed E-state index contributed by atoms with van der Waals surface area (Å²) in [5.41, 5.74) is 0. The van der Waals surface area contributed by atoms with E-state index >= 15 is 0 Å². The van der Waals surface area contributed by atoms with E-state index in [1.807, 2.05) is 0 Å². The first-order chi connectivity index (χ1) is 12.1. The van der Waals surface area contributed by atoms with E-state index in [4.69, 9.17) is 0 Å². The molecule has 0 spiro atoms. The number of sulfone groups is 1. The van der Waals surface area contributed by atoms with E-state index in [1.165, 1.54) is 38.8 Å². The Morgan fingerprint density at radius 2 is 1.63 bits per heavy atom. The Morgan fingerprint density at radius 3 is 2.07 bits per heavy atom. The number of halogens is 1. The number of nitrogens with one attached hydrogen (secondary N) is 2. The molecule has 0 aromatic rings. The van der Waals surface area contributed by atoms with Crippen molar-refractivity contribution in [1.82, 2.24) is 15.5 Å². The van der Waals surface area contributed by atoms with Crippen LogP contribution in [-0.2, 0) is 9.84 Å². The lowest BCUT2D eigenvalue weighted by molar-refractivity contribution is 0.161. The Hall–Kier alpha value is -0.0900. The zero-order chi connectivity index (χ0) is 19.8. The third-order valence-electron chi connectivity index (χ3n) is 5.18. The highest BCUT2D eigenvalue weighted by molar-refractivity contribution is 14.0. The minimum Gasteiger partial charge on any atom is -0.355 e. The SMILES string of the molecule is CN=C(NCCS(=O)(=O)C(C)(C)C)NCC(C(C)C)N1CCCCCC1.I. The highest BCUT2D eigenvalue weighted by Crippen LogP contribution is 2.17. The predicted octanol–water partition coefficient (Wildman–Crippen LogP) is 2.88. The molecule has 0 bridgehead atoms. The van der Waals surface area contributed by atoms with Crippen LogP contribution in [0, 0.1) is 5.92 Å². The topological polar surface area (TPSA) is 73.8 Å². The maximum Gasteiger partial charge on any atom is 0.191 e. The first-order valence-corrected chi connectivity index (χ1v) is 11.6. The molecule has 1 aliphatic rings. The molecule has 1 unspecified atom stereocenters. The van der Waals surface area contributed by atoms with E-state index in [0.29, 0.717) is 24.5 Å². The lowest BCUT2D eigenvalue weighted by Crippen LogP contribution is -2.50. The Morgan fingerprint density at radius 1 is 1.07 bits per heavy atom. The van der Waals surface area contributed by atoms with E-state index < -0.39 is 14.6 Å². The highest BCUT2D eigenvalue weighted by atomic mass is 127. The summed E-state index contributed by atoms with van der Waals surface area (Å²) in [5, 5.41) is 6.54. The molecule has 1 rings (SSSR count). The Balaban J connectivity index is 0.00000676. The molecule has 1 aliphatic heterocycles. The van der Waals surface area contributed by atoms with Gasteiger partial charge in [0, 0.05) is 26.2 Å². The Bertz CT molecular complexity index is 536. The number of hydrogen-bond acceptors (Lipinski definition) is 4. The standard InChI is InChI=1S/C19H40N4O2S.HI/c1-16(2)17(23-12-9-7-8-10-13-23)15-22-18(20-6)21-11-14-26(24,25)19(3,4)5;/h16-17H,7-15H2,1-6H3,(H2,20,21,22);1H. The van der Waals surface area contributed by atoms with Crippen LogP contribution in [0.2, 0.25) is 0 Å². The van der Waals surface area contributed by atoms with Crippen LogP contribution in [0.4, 0.5) is 0 Å². The molecular formula is C19H41IN4O2S. The Labute approximate surface area is 184 Å². The van der Waals surface area contributed by atoms with Gasteiger partial charge in [0.05, 0.1) is 10.5 Å². The molecule has 0 aromatic carbocycles. The van der Waals surface area contributed by atoms with Crippen molar-refractivity contribution < 1.29 is 8.42 Å². The Kier molecular flexibility index (Phi) is 12.4. The second-order valence-electron chi connectivity index (χ2n) is 8.57. The summed E-state index contributed by atoms with van der Waals surface area (Å²) in [7, 11) is -1.39. The molecule has 1 atom stereocenters. The van der Waals surface area contributed by atoms with Crippen LogP contribution in [0.3, 0.4) is 0 Å². The fourth-order valence-corrected chi connectivity index (χ4v) is 4.23. The molecule has 162 valence electrons. The molecule has 0 aliphatic carbocycles. The van der Waals surface area contributed by atoms with Gasteiger partial charge in [-0.1, -0.05) is 26.7 Å². The number of likely N-dealkylation sites (tertiary alicyclic amines) is 1. The zero-order valence-electron chi connectivity index (χ0n) is 18.0. The van der Waals surface area contributed by atoms with Crippen LogP contribution in [0.25, 0.3) is 0 Å². The molecule has 27 heavy (non-hydrogen) atoms. The van der Waals surface area contributed by atoms with Crippen LogP contribution in [0.15, 0.2) is 4.99 Å². The molecule has 2 N–H and O–H groups in total. The average molecular weight is 517 g/mol. The van der Waals surface area contributed by atoms with Crippen LogP contribution in [0.1, 0.15) is 60.3 Å². The summed E-state index contributed by atoms with van der Waals surface area (Å²) < 4.78 is 23.7. The minimum atomic E-state index is -3.12. The molecule has 0 radical (unpaired) electrons. The van der Waals surface area contributed by atoms with Gasteiger partial charge in [-0.3, -0.25) is 9.89 Å². The number of guanidine groups is 1. The van der Waals surface area contributed by atoms with Crippen LogP contribution in [-0.4, -0.2) is 69.0 Å². The maximum atomic E-state index is 12.2. The number of nitrogens with zero attached hydrogens (tertiary/aromatic N) is 2. The fraction of sp³-hybridized carbons (Fsp3) is 0.947. The quantitative estimate of drug-likeness (QED) is 0.309.